The Morgan fingerprint density at radius 1 is 1.21 bits per heavy atom. The minimum absolute atomic E-state index is 0.0873. The van der Waals surface area contributed by atoms with Crippen molar-refractivity contribution in [3.05, 3.63) is 66.5 Å². The van der Waals surface area contributed by atoms with Crippen LogP contribution in [0.5, 0.6) is 0 Å². The van der Waals surface area contributed by atoms with Gasteiger partial charge < -0.3 is 5.32 Å². The molecule has 1 aliphatic rings. The lowest BCUT2D eigenvalue weighted by molar-refractivity contribution is -0.117. The number of halogens is 1. The quantitative estimate of drug-likeness (QED) is 0.466. The molecule has 1 atom stereocenters. The molecule has 1 fully saturated rings. The Labute approximate surface area is 188 Å². The van der Waals surface area contributed by atoms with Crippen molar-refractivity contribution in [2.24, 2.45) is 0 Å². The van der Waals surface area contributed by atoms with Gasteiger partial charge >= 0.3 is 0 Å². The lowest BCUT2D eigenvalue weighted by Crippen LogP contribution is -2.40. The van der Waals surface area contributed by atoms with Crippen LogP contribution in [0.1, 0.15) is 24.6 Å². The second kappa shape index (κ2) is 9.25. The molecule has 1 unspecified atom stereocenters. The first-order valence-electron chi connectivity index (χ1n) is 10.7. The zero-order chi connectivity index (χ0) is 22.6. The standard InChI is InChI=1S/C22H22FN9O/c23-18-9-8-17(32-14-24-29-30-32)11-19(18)25-20(33)13-31-10-4-7-16(12-31)22-26-21(27-28-22)15-5-2-1-3-6-15/h1-3,5-6,8-9,11,14,16H,4,7,10,12-13H2,(H,25,33)(H,26,27,28). The molecule has 4 aromatic rings. The van der Waals surface area contributed by atoms with E-state index in [1.165, 1.54) is 29.2 Å². The summed E-state index contributed by atoms with van der Waals surface area (Å²) in [5, 5.41) is 21.0. The molecule has 0 spiro atoms. The lowest BCUT2D eigenvalue weighted by Gasteiger charge is -2.31. The van der Waals surface area contributed by atoms with Crippen molar-refractivity contribution in [3.63, 3.8) is 0 Å². The Morgan fingerprint density at radius 3 is 2.91 bits per heavy atom. The van der Waals surface area contributed by atoms with Gasteiger partial charge in [-0.1, -0.05) is 30.3 Å². The van der Waals surface area contributed by atoms with Gasteiger partial charge in [-0.15, -0.1) is 5.10 Å². The maximum atomic E-state index is 14.3. The van der Waals surface area contributed by atoms with Crippen LogP contribution >= 0.6 is 0 Å². The van der Waals surface area contributed by atoms with Crippen molar-refractivity contribution < 1.29 is 9.18 Å². The Kier molecular flexibility index (Phi) is 5.85. The van der Waals surface area contributed by atoms with Crippen molar-refractivity contribution in [1.82, 2.24) is 40.3 Å². The first kappa shape index (κ1) is 20.9. The minimum atomic E-state index is -0.521. The molecular weight excluding hydrogens is 425 g/mol. The number of hydrogen-bond donors (Lipinski definition) is 2. The fraction of sp³-hybridized carbons (Fsp3) is 0.273. The first-order chi connectivity index (χ1) is 16.2. The number of anilines is 1. The molecule has 0 radical (unpaired) electrons. The van der Waals surface area contributed by atoms with Gasteiger partial charge in [0.1, 0.15) is 18.0 Å². The normalized spacial score (nSPS) is 16.6. The molecule has 5 rings (SSSR count). The third-order valence-electron chi connectivity index (χ3n) is 5.63. The van der Waals surface area contributed by atoms with E-state index in [0.29, 0.717) is 18.1 Å². The first-order valence-corrected chi connectivity index (χ1v) is 10.7. The highest BCUT2D eigenvalue weighted by Crippen LogP contribution is 2.26. The van der Waals surface area contributed by atoms with E-state index in [1.54, 1.807) is 0 Å². The Hall–Kier alpha value is -3.99. The molecular formula is C22H22FN9O. The van der Waals surface area contributed by atoms with Crippen LogP contribution in [0.15, 0.2) is 54.9 Å². The third kappa shape index (κ3) is 4.77. The Morgan fingerprint density at radius 2 is 2.09 bits per heavy atom. The number of tetrazole rings is 1. The van der Waals surface area contributed by atoms with Gasteiger partial charge in [-0.2, -0.15) is 5.10 Å². The van der Waals surface area contributed by atoms with Crippen LogP contribution in [0.2, 0.25) is 0 Å². The second-order valence-corrected chi connectivity index (χ2v) is 7.95. The smallest absolute Gasteiger partial charge is 0.238 e. The highest BCUT2D eigenvalue weighted by molar-refractivity contribution is 5.92. The average Bonchev–Trinajstić information content (AvgIpc) is 3.54. The Bertz CT molecular complexity index is 1230. The summed E-state index contributed by atoms with van der Waals surface area (Å²) >= 11 is 0. The zero-order valence-electron chi connectivity index (χ0n) is 17.7. The van der Waals surface area contributed by atoms with E-state index in [4.69, 9.17) is 0 Å². The van der Waals surface area contributed by atoms with E-state index >= 15 is 0 Å². The second-order valence-electron chi connectivity index (χ2n) is 7.95. The van der Waals surface area contributed by atoms with E-state index in [-0.39, 0.29) is 24.1 Å². The van der Waals surface area contributed by atoms with Crippen LogP contribution < -0.4 is 5.32 Å². The maximum absolute atomic E-state index is 14.3. The largest absolute Gasteiger partial charge is 0.322 e. The predicted octanol–water partition coefficient (Wildman–Crippen LogP) is 2.40. The van der Waals surface area contributed by atoms with Gasteiger partial charge in [0.2, 0.25) is 5.91 Å². The molecule has 0 aliphatic carbocycles. The summed E-state index contributed by atoms with van der Waals surface area (Å²) in [7, 11) is 0. The van der Waals surface area contributed by atoms with E-state index in [1.807, 2.05) is 30.3 Å². The van der Waals surface area contributed by atoms with E-state index in [2.05, 4.69) is 40.9 Å². The predicted molar refractivity (Wildman–Crippen MR) is 118 cm³/mol. The number of likely N-dealkylation sites (tertiary alicyclic amines) is 1. The molecule has 0 bridgehead atoms. The van der Waals surface area contributed by atoms with Crippen LogP contribution in [-0.4, -0.2) is 65.8 Å². The summed E-state index contributed by atoms with van der Waals surface area (Å²) in [6.07, 6.45) is 3.30. The number of aromatic nitrogens is 7. The van der Waals surface area contributed by atoms with Gasteiger partial charge in [0, 0.05) is 18.0 Å². The van der Waals surface area contributed by atoms with Crippen molar-refractivity contribution in [2.45, 2.75) is 18.8 Å². The maximum Gasteiger partial charge on any atom is 0.238 e. The third-order valence-corrected chi connectivity index (χ3v) is 5.63. The van der Waals surface area contributed by atoms with Crippen molar-refractivity contribution in [1.29, 1.82) is 0 Å². The number of hydrogen-bond acceptors (Lipinski definition) is 7. The lowest BCUT2D eigenvalue weighted by atomic mass is 9.97. The SMILES string of the molecule is O=C(CN1CCCC(c2nc(-c3ccccc3)n[nH]2)C1)Nc1cc(-n2cnnn2)ccc1F. The van der Waals surface area contributed by atoms with Gasteiger partial charge in [-0.05, 0) is 48.0 Å². The number of carbonyl (C=O) groups is 1. The summed E-state index contributed by atoms with van der Waals surface area (Å²) in [6, 6.07) is 14.1. The van der Waals surface area contributed by atoms with Gasteiger partial charge in [-0.3, -0.25) is 14.8 Å². The molecule has 168 valence electrons. The molecule has 11 heteroatoms. The van der Waals surface area contributed by atoms with E-state index < -0.39 is 5.82 Å². The molecule has 3 heterocycles. The number of rotatable bonds is 6. The number of benzene rings is 2. The summed E-state index contributed by atoms with van der Waals surface area (Å²) in [5.74, 6) is 0.826. The number of carbonyl (C=O) groups excluding carboxylic acids is 1. The molecule has 1 amide bonds. The summed E-state index contributed by atoms with van der Waals surface area (Å²) in [5.41, 5.74) is 1.59. The minimum Gasteiger partial charge on any atom is -0.322 e. The average molecular weight is 447 g/mol. The molecule has 0 saturated carbocycles. The number of nitrogens with one attached hydrogen (secondary N) is 2. The molecule has 2 aromatic carbocycles. The molecule has 2 N–H and O–H groups in total. The Balaban J connectivity index is 1.22. The molecule has 1 aliphatic heterocycles. The number of aromatic amines is 1. The summed E-state index contributed by atoms with van der Waals surface area (Å²) in [6.45, 7) is 1.62. The van der Waals surface area contributed by atoms with Gasteiger partial charge in [0.05, 0.1) is 17.9 Å². The van der Waals surface area contributed by atoms with Crippen molar-refractivity contribution in [3.8, 4) is 17.1 Å². The van der Waals surface area contributed by atoms with Gasteiger partial charge in [-0.25, -0.2) is 14.1 Å². The van der Waals surface area contributed by atoms with Crippen LogP contribution in [0.3, 0.4) is 0 Å². The van der Waals surface area contributed by atoms with Crippen LogP contribution in [-0.2, 0) is 4.79 Å². The highest BCUT2D eigenvalue weighted by Gasteiger charge is 2.26. The number of H-pyrrole nitrogens is 1. The molecule has 10 nitrogen and oxygen atoms in total. The van der Waals surface area contributed by atoms with Crippen LogP contribution in [0, 0.1) is 5.82 Å². The van der Waals surface area contributed by atoms with Crippen molar-refractivity contribution >= 4 is 11.6 Å². The molecule has 2 aromatic heterocycles. The topological polar surface area (TPSA) is 118 Å². The summed E-state index contributed by atoms with van der Waals surface area (Å²) in [4.78, 5) is 19.4. The zero-order valence-corrected chi connectivity index (χ0v) is 17.7. The number of piperidine rings is 1. The number of nitrogens with zero attached hydrogens (tertiary/aromatic N) is 7. The van der Waals surface area contributed by atoms with E-state index in [9.17, 15) is 9.18 Å². The van der Waals surface area contributed by atoms with Crippen LogP contribution in [0.25, 0.3) is 17.1 Å². The van der Waals surface area contributed by atoms with Crippen molar-refractivity contribution in [2.75, 3.05) is 25.0 Å². The van der Waals surface area contributed by atoms with Gasteiger partial charge in [0.15, 0.2) is 5.82 Å². The van der Waals surface area contributed by atoms with Crippen LogP contribution in [0.4, 0.5) is 10.1 Å². The highest BCUT2D eigenvalue weighted by atomic mass is 19.1. The van der Waals surface area contributed by atoms with E-state index in [0.717, 1.165) is 30.8 Å². The fourth-order valence-electron chi connectivity index (χ4n) is 4.02. The number of amides is 1. The molecule has 33 heavy (non-hydrogen) atoms. The fourth-order valence-corrected chi connectivity index (χ4v) is 4.02. The van der Waals surface area contributed by atoms with Gasteiger partial charge in [0.25, 0.3) is 0 Å². The summed E-state index contributed by atoms with van der Waals surface area (Å²) < 4.78 is 15.7. The monoisotopic (exact) mass is 447 g/mol. The molecule has 1 saturated heterocycles.